The summed E-state index contributed by atoms with van der Waals surface area (Å²) in [7, 11) is 0. The summed E-state index contributed by atoms with van der Waals surface area (Å²) >= 11 is 0. The lowest BCUT2D eigenvalue weighted by Gasteiger charge is -2.55. The van der Waals surface area contributed by atoms with Crippen molar-refractivity contribution in [2.24, 2.45) is 23.2 Å². The third-order valence-electron chi connectivity index (χ3n) is 7.67. The zero-order valence-electron chi connectivity index (χ0n) is 16.8. The summed E-state index contributed by atoms with van der Waals surface area (Å²) in [4.78, 5) is 36.8. The number of fused-ring (bicyclic) bond motifs is 1. The number of anilines is 1. The van der Waals surface area contributed by atoms with Gasteiger partial charge in [0.2, 0.25) is 11.9 Å². The Balaban J connectivity index is 1.32. The molecule has 0 unspecified atom stereocenters. The Hall–Kier alpha value is -2.34. The maximum atomic E-state index is 13.3. The number of imidazole rings is 1. The number of aromatic nitrogens is 4. The van der Waals surface area contributed by atoms with Crippen LogP contribution in [0.5, 0.6) is 0 Å². The standard InChI is InChI=1S/C20H25N5O6/c26-12-13(27)17(29)31-16(12)25-7-21-11-14(25)22-19(23-15(11)28)24-18(30)20-4-8-1-9(5-20)3-10(2-8)6-20/h7-10,12-13,16-17,26-27,29H,1-6H2,(H2,22,23,24,28,30)/t8?,9?,10?,12-,13+,16-,17+,20?/m1/s1. The van der Waals surface area contributed by atoms with Crippen LogP contribution in [0.3, 0.4) is 0 Å². The third-order valence-corrected chi connectivity index (χ3v) is 7.67. The Morgan fingerprint density at radius 1 is 1.13 bits per heavy atom. The highest BCUT2D eigenvalue weighted by Crippen LogP contribution is 2.60. The van der Waals surface area contributed by atoms with Gasteiger partial charge in [0.25, 0.3) is 5.56 Å². The summed E-state index contributed by atoms with van der Waals surface area (Å²) in [6.45, 7) is 0. The van der Waals surface area contributed by atoms with E-state index in [2.05, 4.69) is 20.3 Å². The summed E-state index contributed by atoms with van der Waals surface area (Å²) in [6.07, 6.45) is 1.86. The molecule has 1 amide bonds. The topological polar surface area (TPSA) is 163 Å². The number of nitrogens with one attached hydrogen (secondary N) is 2. The highest BCUT2D eigenvalue weighted by Gasteiger charge is 2.54. The number of rotatable bonds is 3. The predicted molar refractivity (Wildman–Crippen MR) is 106 cm³/mol. The number of ether oxygens (including phenoxy) is 1. The Morgan fingerprint density at radius 2 is 1.77 bits per heavy atom. The number of amides is 1. The summed E-state index contributed by atoms with van der Waals surface area (Å²) in [5, 5.41) is 32.5. The van der Waals surface area contributed by atoms with Crippen molar-refractivity contribution >= 4 is 23.0 Å². The molecule has 1 saturated heterocycles. The van der Waals surface area contributed by atoms with Gasteiger partial charge in [0.05, 0.1) is 11.7 Å². The summed E-state index contributed by atoms with van der Waals surface area (Å²) in [5.74, 6) is 1.71. The van der Waals surface area contributed by atoms with E-state index in [0.29, 0.717) is 17.8 Å². The molecule has 5 fully saturated rings. The van der Waals surface area contributed by atoms with Crippen LogP contribution in [0.2, 0.25) is 0 Å². The van der Waals surface area contributed by atoms with Crippen LogP contribution in [0.15, 0.2) is 11.1 Å². The van der Waals surface area contributed by atoms with Crippen LogP contribution < -0.4 is 10.9 Å². The van der Waals surface area contributed by atoms with Crippen LogP contribution in [-0.4, -0.2) is 59.2 Å². The van der Waals surface area contributed by atoms with E-state index in [4.69, 9.17) is 4.74 Å². The molecule has 2 aromatic rings. The van der Waals surface area contributed by atoms with Crippen molar-refractivity contribution < 1.29 is 24.9 Å². The average Bonchev–Trinajstić information content (AvgIpc) is 3.23. The molecule has 4 atom stereocenters. The first-order chi connectivity index (χ1) is 14.8. The van der Waals surface area contributed by atoms with Crippen LogP contribution in [0, 0.1) is 23.2 Å². The molecule has 5 N–H and O–H groups in total. The molecule has 11 heteroatoms. The number of carbonyl (C=O) groups is 1. The van der Waals surface area contributed by atoms with Gasteiger partial charge >= 0.3 is 0 Å². The lowest BCUT2D eigenvalue weighted by molar-refractivity contribution is -0.141. The number of aliphatic hydroxyl groups excluding tert-OH is 3. The highest BCUT2D eigenvalue weighted by atomic mass is 16.7. The van der Waals surface area contributed by atoms with Crippen LogP contribution in [0.25, 0.3) is 11.2 Å². The van der Waals surface area contributed by atoms with E-state index in [1.807, 2.05) is 0 Å². The SMILES string of the molecule is O=C(Nc1nc2c(ncn2[C@@H]2O[C@H](O)[C@@H](O)[C@H]2O)c(=O)[nH]1)C12CC3CC(CC(C3)C1)C2. The van der Waals surface area contributed by atoms with Gasteiger partial charge in [-0.15, -0.1) is 0 Å². The van der Waals surface area contributed by atoms with Crippen molar-refractivity contribution in [1.29, 1.82) is 0 Å². The minimum Gasteiger partial charge on any atom is -0.385 e. The fourth-order valence-corrected chi connectivity index (χ4v) is 6.67. The number of aromatic amines is 1. The van der Waals surface area contributed by atoms with Gasteiger partial charge in [-0.2, -0.15) is 4.98 Å². The van der Waals surface area contributed by atoms with Crippen LogP contribution in [0.1, 0.15) is 44.8 Å². The summed E-state index contributed by atoms with van der Waals surface area (Å²) in [6, 6.07) is 0. The number of aliphatic hydroxyl groups is 3. The van der Waals surface area contributed by atoms with Gasteiger partial charge in [-0.3, -0.25) is 24.5 Å². The molecule has 0 radical (unpaired) electrons. The Morgan fingerprint density at radius 3 is 2.35 bits per heavy atom. The van der Waals surface area contributed by atoms with Crippen molar-refractivity contribution in [3.8, 4) is 0 Å². The fourth-order valence-electron chi connectivity index (χ4n) is 6.67. The maximum Gasteiger partial charge on any atom is 0.280 e. The van der Waals surface area contributed by atoms with E-state index in [-0.39, 0.29) is 23.0 Å². The van der Waals surface area contributed by atoms with Gasteiger partial charge in [-0.1, -0.05) is 0 Å². The van der Waals surface area contributed by atoms with Gasteiger partial charge < -0.3 is 20.1 Å². The van der Waals surface area contributed by atoms with E-state index in [9.17, 15) is 24.9 Å². The molecule has 4 saturated carbocycles. The molecule has 0 spiro atoms. The third kappa shape index (κ3) is 2.87. The van der Waals surface area contributed by atoms with Gasteiger partial charge in [-0.25, -0.2) is 4.98 Å². The van der Waals surface area contributed by atoms with Crippen LogP contribution in [0.4, 0.5) is 5.95 Å². The zero-order chi connectivity index (χ0) is 21.5. The molecule has 7 rings (SSSR count). The van der Waals surface area contributed by atoms with Gasteiger partial charge in [0, 0.05) is 0 Å². The average molecular weight is 431 g/mol. The normalized spacial score (nSPS) is 41.2. The molecule has 166 valence electrons. The minimum absolute atomic E-state index is 0.000479. The first-order valence-corrected chi connectivity index (χ1v) is 10.8. The molecule has 31 heavy (non-hydrogen) atoms. The molecule has 4 aliphatic carbocycles. The van der Waals surface area contributed by atoms with Crippen molar-refractivity contribution in [3.05, 3.63) is 16.7 Å². The number of nitrogens with zero attached hydrogens (tertiary/aromatic N) is 3. The van der Waals surface area contributed by atoms with Gasteiger partial charge in [0.15, 0.2) is 23.7 Å². The minimum atomic E-state index is -1.57. The molecule has 11 nitrogen and oxygen atoms in total. The molecular weight excluding hydrogens is 406 g/mol. The molecule has 1 aliphatic heterocycles. The predicted octanol–water partition coefficient (Wildman–Crippen LogP) is -0.157. The molecule has 4 bridgehead atoms. The molecular formula is C20H25N5O6. The quantitative estimate of drug-likeness (QED) is 0.448. The highest BCUT2D eigenvalue weighted by molar-refractivity contribution is 5.94. The maximum absolute atomic E-state index is 13.3. The Bertz CT molecular complexity index is 1080. The van der Waals surface area contributed by atoms with Gasteiger partial charge in [-0.05, 0) is 56.3 Å². The number of H-pyrrole nitrogens is 1. The van der Waals surface area contributed by atoms with Crippen molar-refractivity contribution in [2.75, 3.05) is 5.32 Å². The first-order valence-electron chi connectivity index (χ1n) is 10.8. The second-order valence-corrected chi connectivity index (χ2v) is 9.79. The van der Waals surface area contributed by atoms with Crippen LogP contribution >= 0.6 is 0 Å². The zero-order valence-corrected chi connectivity index (χ0v) is 16.8. The van der Waals surface area contributed by atoms with E-state index >= 15 is 0 Å². The van der Waals surface area contributed by atoms with Crippen molar-refractivity contribution in [3.63, 3.8) is 0 Å². The summed E-state index contributed by atoms with van der Waals surface area (Å²) in [5.41, 5.74) is -0.867. The first kappa shape index (κ1) is 19.4. The second-order valence-electron chi connectivity index (χ2n) is 9.79. The van der Waals surface area contributed by atoms with E-state index < -0.39 is 35.7 Å². The van der Waals surface area contributed by atoms with Crippen LogP contribution in [-0.2, 0) is 9.53 Å². The lowest BCUT2D eigenvalue weighted by atomic mass is 9.49. The Labute approximate surface area is 176 Å². The van der Waals surface area contributed by atoms with E-state index in [0.717, 1.165) is 19.3 Å². The molecule has 5 aliphatic rings. The molecule has 3 heterocycles. The fraction of sp³-hybridized carbons (Fsp3) is 0.700. The summed E-state index contributed by atoms with van der Waals surface area (Å²) < 4.78 is 6.48. The molecule has 2 aromatic heterocycles. The largest absolute Gasteiger partial charge is 0.385 e. The van der Waals surface area contributed by atoms with Crippen molar-refractivity contribution in [2.45, 2.75) is 63.3 Å². The monoisotopic (exact) mass is 431 g/mol. The molecule has 0 aromatic carbocycles. The second kappa shape index (κ2) is 6.58. The van der Waals surface area contributed by atoms with E-state index in [1.165, 1.54) is 30.2 Å². The number of hydrogen-bond acceptors (Lipinski definition) is 8. The Kier molecular flexibility index (Phi) is 4.11. The van der Waals surface area contributed by atoms with Crippen molar-refractivity contribution in [1.82, 2.24) is 19.5 Å². The number of carbonyl (C=O) groups excluding carboxylic acids is 1. The lowest BCUT2D eigenvalue weighted by Crippen LogP contribution is -2.52. The number of hydrogen-bond donors (Lipinski definition) is 5. The smallest absolute Gasteiger partial charge is 0.280 e. The van der Waals surface area contributed by atoms with E-state index in [1.54, 1.807) is 0 Å². The van der Waals surface area contributed by atoms with Gasteiger partial charge in [0.1, 0.15) is 12.2 Å².